The molecule has 0 fully saturated rings. The van der Waals surface area contributed by atoms with Gasteiger partial charge in [0.2, 0.25) is 0 Å². The second-order valence-corrected chi connectivity index (χ2v) is 19.5. The van der Waals surface area contributed by atoms with E-state index in [9.17, 15) is 30.4 Å². The Bertz CT molecular complexity index is 2410. The minimum atomic E-state index is -5.61. The van der Waals surface area contributed by atoms with Crippen molar-refractivity contribution in [3.63, 3.8) is 0 Å². The van der Waals surface area contributed by atoms with E-state index < -0.39 is 46.3 Å². The second kappa shape index (κ2) is 21.5. The maximum atomic E-state index is 14.5. The van der Waals surface area contributed by atoms with E-state index in [4.69, 9.17) is 23.2 Å². The number of anilines is 2. The van der Waals surface area contributed by atoms with E-state index in [2.05, 4.69) is 33.0 Å². The fourth-order valence-corrected chi connectivity index (χ4v) is 9.62. The average Bonchev–Trinajstić information content (AvgIpc) is 3.23. The molecule has 5 rings (SSSR count). The highest BCUT2D eigenvalue weighted by molar-refractivity contribution is 7.99. The van der Waals surface area contributed by atoms with Crippen LogP contribution in [0.5, 0.6) is 0 Å². The molecule has 1 amide bonds. The number of sulfonamides is 1. The Balaban J connectivity index is 1.24. The molecule has 60 heavy (non-hydrogen) atoms. The van der Waals surface area contributed by atoms with Gasteiger partial charge in [0.1, 0.15) is 0 Å². The first-order valence-corrected chi connectivity index (χ1v) is 23.9. The number of benzene rings is 5. The molecule has 0 aromatic heterocycles. The Kier molecular flexibility index (Phi) is 16.8. The summed E-state index contributed by atoms with van der Waals surface area (Å²) in [5, 5.41) is 10.4. The molecule has 0 heterocycles. The summed E-state index contributed by atoms with van der Waals surface area (Å²) in [6.45, 7) is 7.97. The lowest BCUT2D eigenvalue weighted by molar-refractivity contribution is 0.0981. The number of carbonyl (C=O) groups excluding carboxylic acids is 1. The van der Waals surface area contributed by atoms with Crippen molar-refractivity contribution in [1.82, 2.24) is 14.9 Å². The third-order valence-electron chi connectivity index (χ3n) is 9.59. The normalized spacial score (nSPS) is 12.6. The Morgan fingerprint density at radius 1 is 0.833 bits per heavy atom. The molecule has 17 heteroatoms. The van der Waals surface area contributed by atoms with Crippen molar-refractivity contribution in [3.05, 3.63) is 137 Å². The third kappa shape index (κ3) is 12.9. The molecule has 0 aliphatic carbocycles. The maximum Gasteiger partial charge on any atom is 0.427 e. The van der Waals surface area contributed by atoms with E-state index in [1.165, 1.54) is 23.9 Å². The van der Waals surface area contributed by atoms with E-state index in [-0.39, 0.29) is 11.3 Å². The molecule has 0 radical (unpaired) electrons. The fraction of sp³-hybridized carbons (Fsp3) is 0.279. The van der Waals surface area contributed by atoms with Crippen LogP contribution >= 0.6 is 35.0 Å². The Morgan fingerprint density at radius 3 is 2.17 bits per heavy atom. The number of sulfone groups is 1. The topological polar surface area (TPSA) is 137 Å². The molecule has 1 atom stereocenters. The zero-order chi connectivity index (χ0) is 43.3. The molecular formula is C43H47Cl2F2N5O5S3. The summed E-state index contributed by atoms with van der Waals surface area (Å²) in [7, 11) is -10.4. The van der Waals surface area contributed by atoms with Crippen LogP contribution in [0.15, 0.2) is 136 Å². The van der Waals surface area contributed by atoms with Crippen molar-refractivity contribution in [3.8, 4) is 11.1 Å². The molecule has 10 nitrogen and oxygen atoms in total. The minimum Gasteiger partial charge on any atom is -0.384 e. The van der Waals surface area contributed by atoms with Crippen LogP contribution in [-0.2, 0) is 26.4 Å². The van der Waals surface area contributed by atoms with Crippen LogP contribution in [0, 0.1) is 0 Å². The minimum absolute atomic E-state index is 0.00793. The number of thioether (sulfide) groups is 1. The van der Waals surface area contributed by atoms with E-state index >= 15 is 0 Å². The first-order valence-electron chi connectivity index (χ1n) is 19.2. The van der Waals surface area contributed by atoms with E-state index in [0.29, 0.717) is 55.1 Å². The molecule has 0 aliphatic rings. The predicted molar refractivity (Wildman–Crippen MR) is 240 cm³/mol. The van der Waals surface area contributed by atoms with Crippen LogP contribution in [-0.4, -0.2) is 76.9 Å². The van der Waals surface area contributed by atoms with Crippen LogP contribution in [0.4, 0.5) is 20.2 Å². The van der Waals surface area contributed by atoms with Gasteiger partial charge < -0.3 is 20.9 Å². The molecule has 0 saturated heterocycles. The van der Waals surface area contributed by atoms with Crippen LogP contribution in [0.1, 0.15) is 36.2 Å². The molecule has 5 aromatic rings. The molecule has 4 N–H and O–H groups in total. The van der Waals surface area contributed by atoms with Crippen molar-refractivity contribution < 1.29 is 30.4 Å². The lowest BCUT2D eigenvalue weighted by Crippen LogP contribution is -2.33. The van der Waals surface area contributed by atoms with Gasteiger partial charge in [0.25, 0.3) is 25.8 Å². The lowest BCUT2D eigenvalue weighted by atomic mass is 10.00. The van der Waals surface area contributed by atoms with Gasteiger partial charge in [-0.25, -0.2) is 21.6 Å². The number of carbonyl (C=O) groups is 1. The highest BCUT2D eigenvalue weighted by Crippen LogP contribution is 2.38. The average molecular weight is 919 g/mol. The van der Waals surface area contributed by atoms with Gasteiger partial charge in [-0.2, -0.15) is 8.78 Å². The molecular weight excluding hydrogens is 872 g/mol. The Morgan fingerprint density at radius 2 is 1.50 bits per heavy atom. The summed E-state index contributed by atoms with van der Waals surface area (Å²) >= 11 is 12.7. The second-order valence-electron chi connectivity index (χ2n) is 13.7. The monoisotopic (exact) mass is 917 g/mol. The molecule has 0 bridgehead atoms. The number of rotatable bonds is 22. The van der Waals surface area contributed by atoms with Crippen LogP contribution < -0.4 is 20.7 Å². The summed E-state index contributed by atoms with van der Waals surface area (Å²) in [6, 6.07) is 33.6. The SMILES string of the molecule is CCN(CC)CC[C@H](CSc1ccccc1)Nc1ccc(S(=O)(=O)NC(=O)c2ccc(NCCNCc3ccccc3-c3ccc(Cl)cc3)cc2)cc1S(=O)(=O)C(F)(F)Cl. The number of alkyl halides is 3. The smallest absolute Gasteiger partial charge is 0.384 e. The number of nitrogens with zero attached hydrogens (tertiary/aromatic N) is 1. The summed E-state index contributed by atoms with van der Waals surface area (Å²) in [6.07, 6.45) is 0.514. The van der Waals surface area contributed by atoms with E-state index in [0.717, 1.165) is 46.8 Å². The van der Waals surface area contributed by atoms with Crippen molar-refractivity contribution in [2.24, 2.45) is 0 Å². The van der Waals surface area contributed by atoms with Gasteiger partial charge in [-0.05, 0) is 115 Å². The van der Waals surface area contributed by atoms with Crippen LogP contribution in [0.25, 0.3) is 11.1 Å². The molecule has 320 valence electrons. The molecule has 0 unspecified atom stereocenters. The van der Waals surface area contributed by atoms with Gasteiger partial charge >= 0.3 is 4.71 Å². The number of nitrogens with one attached hydrogen (secondary N) is 4. The van der Waals surface area contributed by atoms with Gasteiger partial charge in [-0.15, -0.1) is 11.8 Å². The molecule has 0 aliphatic heterocycles. The van der Waals surface area contributed by atoms with E-state index in [1.807, 2.05) is 85.3 Å². The van der Waals surface area contributed by atoms with Gasteiger partial charge in [-0.1, -0.05) is 80.0 Å². The van der Waals surface area contributed by atoms with Crippen molar-refractivity contribution in [2.75, 3.05) is 49.1 Å². The molecule has 0 spiro atoms. The van der Waals surface area contributed by atoms with Crippen molar-refractivity contribution in [1.29, 1.82) is 0 Å². The summed E-state index contributed by atoms with van der Waals surface area (Å²) in [5.74, 6) is -0.573. The Labute approximate surface area is 365 Å². The van der Waals surface area contributed by atoms with Crippen molar-refractivity contribution in [2.45, 2.75) is 52.3 Å². The molecule has 5 aromatic carbocycles. The summed E-state index contributed by atoms with van der Waals surface area (Å²) in [4.78, 5) is 14.5. The number of halogens is 4. The predicted octanol–water partition coefficient (Wildman–Crippen LogP) is 9.19. The Hall–Kier alpha value is -4.22. The van der Waals surface area contributed by atoms with Crippen LogP contribution in [0.2, 0.25) is 5.02 Å². The summed E-state index contributed by atoms with van der Waals surface area (Å²) < 4.78 is 79.4. The largest absolute Gasteiger partial charge is 0.427 e. The standard InChI is InChI=1S/C43H47Cl2F2N5O5S3/c1-3-52(4-2)27-24-36(30-58-37-11-6-5-7-12-37)50-40-23-22-38(28-41(40)59(54,55)43(45,46)47)60(56,57)51-42(53)32-16-20-35(21-17-32)49-26-25-48-29-33-10-8-9-13-39(33)31-14-18-34(44)19-15-31/h5-23,28,36,48-50H,3-4,24-27,29-30H2,1-2H3,(H,51,53)/t36-/m1/s1. The third-order valence-corrected chi connectivity index (χ3v) is 14.5. The lowest BCUT2D eigenvalue weighted by Gasteiger charge is -2.26. The first-order chi connectivity index (χ1) is 28.6. The highest BCUT2D eigenvalue weighted by atomic mass is 35.5. The van der Waals surface area contributed by atoms with Gasteiger partial charge in [-0.3, -0.25) is 4.79 Å². The number of hydrogen-bond acceptors (Lipinski definition) is 10. The van der Waals surface area contributed by atoms with Gasteiger partial charge in [0, 0.05) is 59.1 Å². The number of hydrogen-bond donors (Lipinski definition) is 4. The van der Waals surface area contributed by atoms with Gasteiger partial charge in [0.05, 0.1) is 15.5 Å². The van der Waals surface area contributed by atoms with Crippen LogP contribution in [0.3, 0.4) is 0 Å². The first kappa shape index (κ1) is 46.8. The maximum absolute atomic E-state index is 14.5. The van der Waals surface area contributed by atoms with Gasteiger partial charge in [0.15, 0.2) is 0 Å². The summed E-state index contributed by atoms with van der Waals surface area (Å²) in [5.41, 5.74) is 3.70. The number of amides is 1. The zero-order valence-electron chi connectivity index (χ0n) is 33.0. The highest BCUT2D eigenvalue weighted by Gasteiger charge is 2.46. The van der Waals surface area contributed by atoms with E-state index in [1.54, 1.807) is 12.1 Å². The molecule has 0 saturated carbocycles. The quantitative estimate of drug-likeness (QED) is 0.0302. The fourth-order valence-electron chi connectivity index (χ4n) is 6.23. The van der Waals surface area contributed by atoms with Crippen molar-refractivity contribution >= 4 is 72.1 Å². The zero-order valence-corrected chi connectivity index (χ0v) is 37.0.